The normalized spacial score (nSPS) is 17.7. The Kier molecular flexibility index (Phi) is 4.73. The van der Waals surface area contributed by atoms with Crippen molar-refractivity contribution in [1.82, 2.24) is 24.2 Å². The fourth-order valence-corrected chi connectivity index (χ4v) is 3.96. The second-order valence-corrected chi connectivity index (χ2v) is 7.03. The Morgan fingerprint density at radius 1 is 1.23 bits per heavy atom. The van der Waals surface area contributed by atoms with Gasteiger partial charge in [0.05, 0.1) is 11.0 Å². The number of para-hydroxylation sites is 2. The van der Waals surface area contributed by atoms with E-state index in [2.05, 4.69) is 15.0 Å². The molecule has 1 atom stereocenters. The lowest BCUT2D eigenvalue weighted by atomic mass is 9.99. The molecule has 0 N–H and O–H groups in total. The van der Waals surface area contributed by atoms with Gasteiger partial charge in [0.15, 0.2) is 0 Å². The van der Waals surface area contributed by atoms with Crippen LogP contribution in [0.5, 0.6) is 0 Å². The van der Waals surface area contributed by atoms with Crippen LogP contribution in [0.3, 0.4) is 0 Å². The van der Waals surface area contributed by atoms with E-state index in [1.54, 1.807) is 6.20 Å². The van der Waals surface area contributed by atoms with Crippen molar-refractivity contribution in [3.05, 3.63) is 48.5 Å². The maximum Gasteiger partial charge on any atom is 0.242 e. The van der Waals surface area contributed by atoms with Gasteiger partial charge in [-0.2, -0.15) is 5.10 Å². The number of carbonyl (C=O) groups excluding carboxylic acids is 1. The first kappa shape index (κ1) is 16.8. The molecule has 136 valence electrons. The van der Waals surface area contributed by atoms with Crippen molar-refractivity contribution in [2.75, 3.05) is 6.54 Å². The SMILES string of the molecule is Cc1nc2ccccc2n1CC(=O)N1CCCC[C@@H]1CCn1cccn1. The van der Waals surface area contributed by atoms with Crippen molar-refractivity contribution in [2.24, 2.45) is 0 Å². The summed E-state index contributed by atoms with van der Waals surface area (Å²) in [5.41, 5.74) is 1.98. The molecule has 0 saturated carbocycles. The quantitative estimate of drug-likeness (QED) is 0.710. The highest BCUT2D eigenvalue weighted by molar-refractivity contribution is 5.81. The molecule has 3 aromatic rings. The van der Waals surface area contributed by atoms with E-state index in [0.29, 0.717) is 12.6 Å². The van der Waals surface area contributed by atoms with Gasteiger partial charge < -0.3 is 9.47 Å². The van der Waals surface area contributed by atoms with E-state index in [9.17, 15) is 4.79 Å². The molecule has 1 fully saturated rings. The van der Waals surface area contributed by atoms with Crippen molar-refractivity contribution in [1.29, 1.82) is 0 Å². The summed E-state index contributed by atoms with van der Waals surface area (Å²) < 4.78 is 3.99. The standard InChI is InChI=1S/C20H25N5O/c1-16-22-18-8-2-3-9-19(18)25(16)15-20(26)24-13-5-4-7-17(24)10-14-23-12-6-11-21-23/h2-3,6,8-9,11-12,17H,4-5,7,10,13-15H2,1H3/t17-/m1/s1. The minimum absolute atomic E-state index is 0.196. The Hall–Kier alpha value is -2.63. The molecule has 0 bridgehead atoms. The highest BCUT2D eigenvalue weighted by Gasteiger charge is 2.27. The Balaban J connectivity index is 1.48. The fraction of sp³-hybridized carbons (Fsp3) is 0.450. The number of hydrogen-bond acceptors (Lipinski definition) is 3. The zero-order valence-corrected chi connectivity index (χ0v) is 15.2. The van der Waals surface area contributed by atoms with Gasteiger partial charge in [-0.25, -0.2) is 4.98 Å². The van der Waals surface area contributed by atoms with Crippen molar-refractivity contribution in [3.8, 4) is 0 Å². The Labute approximate surface area is 153 Å². The summed E-state index contributed by atoms with van der Waals surface area (Å²) in [5.74, 6) is 1.09. The number of aromatic nitrogens is 4. The summed E-state index contributed by atoms with van der Waals surface area (Å²) >= 11 is 0. The minimum Gasteiger partial charge on any atom is -0.338 e. The van der Waals surface area contributed by atoms with Crippen molar-refractivity contribution < 1.29 is 4.79 Å². The van der Waals surface area contributed by atoms with Gasteiger partial charge in [0, 0.05) is 31.5 Å². The molecular formula is C20H25N5O. The van der Waals surface area contributed by atoms with Gasteiger partial charge in [-0.1, -0.05) is 12.1 Å². The first-order valence-electron chi connectivity index (χ1n) is 9.41. The largest absolute Gasteiger partial charge is 0.338 e. The molecule has 0 aliphatic carbocycles. The molecule has 26 heavy (non-hydrogen) atoms. The summed E-state index contributed by atoms with van der Waals surface area (Å²) in [7, 11) is 0. The van der Waals surface area contributed by atoms with E-state index in [-0.39, 0.29) is 5.91 Å². The predicted octanol–water partition coefficient (Wildman–Crippen LogP) is 3.01. The van der Waals surface area contributed by atoms with Crippen LogP contribution in [0.4, 0.5) is 0 Å². The Morgan fingerprint density at radius 2 is 2.12 bits per heavy atom. The molecule has 0 radical (unpaired) electrons. The van der Waals surface area contributed by atoms with Crippen LogP contribution in [0.15, 0.2) is 42.7 Å². The lowest BCUT2D eigenvalue weighted by molar-refractivity contribution is -0.135. The lowest BCUT2D eigenvalue weighted by Crippen LogP contribution is -2.45. The van der Waals surface area contributed by atoms with Gasteiger partial charge in [-0.15, -0.1) is 0 Å². The number of likely N-dealkylation sites (tertiary alicyclic amines) is 1. The van der Waals surface area contributed by atoms with Crippen LogP contribution in [0, 0.1) is 6.92 Å². The van der Waals surface area contributed by atoms with E-state index < -0.39 is 0 Å². The second-order valence-electron chi connectivity index (χ2n) is 7.03. The average Bonchev–Trinajstić information content (AvgIpc) is 3.28. The topological polar surface area (TPSA) is 56.0 Å². The van der Waals surface area contributed by atoms with Gasteiger partial charge in [-0.05, 0) is 50.8 Å². The zero-order valence-electron chi connectivity index (χ0n) is 15.2. The Morgan fingerprint density at radius 3 is 2.96 bits per heavy atom. The highest BCUT2D eigenvalue weighted by Crippen LogP contribution is 2.22. The van der Waals surface area contributed by atoms with Crippen LogP contribution in [-0.4, -0.2) is 42.7 Å². The molecule has 4 rings (SSSR count). The van der Waals surface area contributed by atoms with Crippen LogP contribution >= 0.6 is 0 Å². The number of benzene rings is 1. The molecular weight excluding hydrogens is 326 g/mol. The van der Waals surface area contributed by atoms with Crippen molar-refractivity contribution in [2.45, 2.75) is 51.7 Å². The van der Waals surface area contributed by atoms with Gasteiger partial charge >= 0.3 is 0 Å². The van der Waals surface area contributed by atoms with E-state index in [0.717, 1.165) is 49.2 Å². The lowest BCUT2D eigenvalue weighted by Gasteiger charge is -2.36. The van der Waals surface area contributed by atoms with E-state index in [4.69, 9.17) is 0 Å². The number of piperidine rings is 1. The van der Waals surface area contributed by atoms with E-state index in [1.165, 1.54) is 6.42 Å². The maximum absolute atomic E-state index is 13.1. The number of rotatable bonds is 5. The van der Waals surface area contributed by atoms with Crippen molar-refractivity contribution in [3.63, 3.8) is 0 Å². The fourth-order valence-electron chi connectivity index (χ4n) is 3.96. The molecule has 1 aliphatic heterocycles. The molecule has 3 heterocycles. The van der Waals surface area contributed by atoms with Gasteiger partial charge in [0.2, 0.25) is 5.91 Å². The van der Waals surface area contributed by atoms with Gasteiger partial charge in [-0.3, -0.25) is 9.48 Å². The molecule has 1 amide bonds. The first-order valence-corrected chi connectivity index (χ1v) is 9.41. The molecule has 1 aromatic carbocycles. The molecule has 1 saturated heterocycles. The number of carbonyl (C=O) groups is 1. The van der Waals surface area contributed by atoms with Crippen molar-refractivity contribution >= 4 is 16.9 Å². The number of aryl methyl sites for hydroxylation is 2. The molecule has 0 unspecified atom stereocenters. The number of hydrogen-bond donors (Lipinski definition) is 0. The average molecular weight is 351 g/mol. The Bertz CT molecular complexity index is 883. The third-order valence-corrected chi connectivity index (χ3v) is 5.34. The molecule has 6 heteroatoms. The van der Waals surface area contributed by atoms with Crippen LogP contribution in [0.2, 0.25) is 0 Å². The zero-order chi connectivity index (χ0) is 17.9. The number of amides is 1. The maximum atomic E-state index is 13.1. The van der Waals surface area contributed by atoms with Crippen LogP contribution < -0.4 is 0 Å². The van der Waals surface area contributed by atoms with Gasteiger partial charge in [0.1, 0.15) is 12.4 Å². The van der Waals surface area contributed by atoms with Crippen LogP contribution in [-0.2, 0) is 17.9 Å². The smallest absolute Gasteiger partial charge is 0.242 e. The van der Waals surface area contributed by atoms with Gasteiger partial charge in [0.25, 0.3) is 0 Å². The van der Waals surface area contributed by atoms with E-state index in [1.807, 2.05) is 52.7 Å². The molecule has 0 spiro atoms. The monoisotopic (exact) mass is 351 g/mol. The summed E-state index contributed by atoms with van der Waals surface area (Å²) in [6.07, 6.45) is 8.11. The summed E-state index contributed by atoms with van der Waals surface area (Å²) in [4.78, 5) is 19.8. The summed E-state index contributed by atoms with van der Waals surface area (Å²) in [6, 6.07) is 10.3. The number of fused-ring (bicyclic) bond motifs is 1. The number of nitrogens with zero attached hydrogens (tertiary/aromatic N) is 5. The summed E-state index contributed by atoms with van der Waals surface area (Å²) in [5, 5.41) is 4.28. The number of imidazole rings is 1. The van der Waals surface area contributed by atoms with Crippen LogP contribution in [0.25, 0.3) is 11.0 Å². The minimum atomic E-state index is 0.196. The van der Waals surface area contributed by atoms with Crippen LogP contribution in [0.1, 0.15) is 31.5 Å². The molecule has 2 aromatic heterocycles. The summed E-state index contributed by atoms with van der Waals surface area (Å²) in [6.45, 7) is 4.05. The molecule has 1 aliphatic rings. The first-order chi connectivity index (χ1) is 12.7. The highest BCUT2D eigenvalue weighted by atomic mass is 16.2. The molecule has 6 nitrogen and oxygen atoms in total. The second kappa shape index (κ2) is 7.32. The van der Waals surface area contributed by atoms with E-state index >= 15 is 0 Å². The third-order valence-electron chi connectivity index (χ3n) is 5.34. The predicted molar refractivity (Wildman–Crippen MR) is 101 cm³/mol. The third kappa shape index (κ3) is 3.36.